The maximum Gasteiger partial charge on any atom is 0.160 e. The van der Waals surface area contributed by atoms with Gasteiger partial charge in [0.05, 0.1) is 11.4 Å². The number of thiophene rings is 1. The van der Waals surface area contributed by atoms with Crippen molar-refractivity contribution in [2.75, 3.05) is 0 Å². The maximum atomic E-state index is 6.72. The van der Waals surface area contributed by atoms with E-state index in [1.807, 2.05) is 53.9 Å². The lowest BCUT2D eigenvalue weighted by molar-refractivity contribution is 0.670. The Morgan fingerprint density at radius 3 is 2.02 bits per heavy atom. The van der Waals surface area contributed by atoms with E-state index in [-0.39, 0.29) is 0 Å². The molecule has 234 valence electrons. The van der Waals surface area contributed by atoms with E-state index in [4.69, 9.17) is 14.4 Å². The zero-order chi connectivity index (χ0) is 33.0. The Bertz CT molecular complexity index is 2860. The van der Waals surface area contributed by atoms with Crippen LogP contribution in [0.2, 0.25) is 0 Å². The summed E-state index contributed by atoms with van der Waals surface area (Å²) in [6.45, 7) is 0. The number of benzene rings is 6. The molecule has 0 saturated carbocycles. The van der Waals surface area contributed by atoms with Crippen molar-refractivity contribution in [1.29, 1.82) is 0 Å². The van der Waals surface area contributed by atoms with Gasteiger partial charge < -0.3 is 4.42 Å². The fourth-order valence-corrected chi connectivity index (χ4v) is 8.07. The lowest BCUT2D eigenvalue weighted by Crippen LogP contribution is -1.96. The van der Waals surface area contributed by atoms with Crippen molar-refractivity contribution in [3.63, 3.8) is 0 Å². The Hall–Kier alpha value is -6.43. The fraction of sp³-hybridized carbons (Fsp3) is 0. The molecule has 4 aromatic heterocycles. The van der Waals surface area contributed by atoms with Crippen LogP contribution in [-0.2, 0) is 0 Å². The summed E-state index contributed by atoms with van der Waals surface area (Å²) in [5, 5.41) is 4.65. The van der Waals surface area contributed by atoms with Crippen molar-refractivity contribution in [3.8, 4) is 56.2 Å². The molecule has 0 amide bonds. The summed E-state index contributed by atoms with van der Waals surface area (Å²) in [7, 11) is 0. The average molecular weight is 658 g/mol. The first-order chi connectivity index (χ1) is 24.8. The van der Waals surface area contributed by atoms with Gasteiger partial charge in [-0.15, -0.1) is 11.3 Å². The zero-order valence-corrected chi connectivity index (χ0v) is 27.6. The van der Waals surface area contributed by atoms with Crippen molar-refractivity contribution < 1.29 is 4.42 Å². The molecule has 0 aliphatic carbocycles. The van der Waals surface area contributed by atoms with Gasteiger partial charge in [0, 0.05) is 65.6 Å². The van der Waals surface area contributed by atoms with Crippen LogP contribution in [0.25, 0.3) is 98.3 Å². The van der Waals surface area contributed by atoms with Gasteiger partial charge >= 0.3 is 0 Å². The van der Waals surface area contributed by atoms with Crippen molar-refractivity contribution >= 4 is 53.4 Å². The lowest BCUT2D eigenvalue weighted by Gasteiger charge is -2.12. The molecule has 0 spiro atoms. The highest BCUT2D eigenvalue weighted by Gasteiger charge is 2.20. The van der Waals surface area contributed by atoms with Crippen LogP contribution in [-0.4, -0.2) is 15.0 Å². The van der Waals surface area contributed by atoms with Crippen LogP contribution in [0.4, 0.5) is 0 Å². The minimum atomic E-state index is 0.675. The SMILES string of the molecule is c1ccc(-c2nc(-c3ccc(-c4cccnc4)cc3)cc(-c3ccc(-c4ccc5sc6ccccc6c5c4)c4oc5ccccc5c34)n2)cc1. The number of fused-ring (bicyclic) bond motifs is 6. The molecule has 0 N–H and O–H groups in total. The molecule has 10 rings (SSSR count). The second kappa shape index (κ2) is 11.6. The van der Waals surface area contributed by atoms with Crippen molar-refractivity contribution in [3.05, 3.63) is 164 Å². The smallest absolute Gasteiger partial charge is 0.160 e. The Balaban J connectivity index is 1.18. The normalized spacial score (nSPS) is 11.6. The molecule has 4 heterocycles. The number of rotatable bonds is 5. The predicted octanol–water partition coefficient (Wildman–Crippen LogP) is 12.5. The van der Waals surface area contributed by atoms with Gasteiger partial charge in [0.25, 0.3) is 0 Å². The Labute approximate surface area is 292 Å². The Kier molecular flexibility index (Phi) is 6.64. The molecule has 0 aliphatic heterocycles. The van der Waals surface area contributed by atoms with Gasteiger partial charge in [-0.05, 0) is 59.2 Å². The van der Waals surface area contributed by atoms with Crippen LogP contribution in [0.3, 0.4) is 0 Å². The van der Waals surface area contributed by atoms with Gasteiger partial charge in [0.1, 0.15) is 11.2 Å². The van der Waals surface area contributed by atoms with Crippen molar-refractivity contribution in [2.45, 2.75) is 0 Å². The molecule has 50 heavy (non-hydrogen) atoms. The van der Waals surface area contributed by atoms with Crippen LogP contribution in [0, 0.1) is 0 Å². The summed E-state index contributed by atoms with van der Waals surface area (Å²) in [6.07, 6.45) is 3.68. The van der Waals surface area contributed by atoms with Crippen LogP contribution in [0.15, 0.2) is 168 Å². The van der Waals surface area contributed by atoms with Gasteiger partial charge in [0.2, 0.25) is 0 Å². The topological polar surface area (TPSA) is 51.8 Å². The molecule has 6 aromatic carbocycles. The number of furan rings is 1. The second-order valence-corrected chi connectivity index (χ2v) is 13.5. The minimum absolute atomic E-state index is 0.675. The third-order valence-corrected chi connectivity index (χ3v) is 10.6. The van der Waals surface area contributed by atoms with Gasteiger partial charge in [0.15, 0.2) is 5.82 Å². The molecule has 0 aliphatic rings. The molecular formula is C45H27N3OS. The first kappa shape index (κ1) is 28.6. The number of nitrogens with zero attached hydrogens (tertiary/aromatic N) is 3. The lowest BCUT2D eigenvalue weighted by atomic mass is 9.95. The van der Waals surface area contributed by atoms with Crippen LogP contribution in [0.5, 0.6) is 0 Å². The van der Waals surface area contributed by atoms with E-state index in [9.17, 15) is 0 Å². The molecule has 5 heteroatoms. The van der Waals surface area contributed by atoms with Crippen LogP contribution >= 0.6 is 11.3 Å². The number of aromatic nitrogens is 3. The van der Waals surface area contributed by atoms with Crippen LogP contribution < -0.4 is 0 Å². The summed E-state index contributed by atoms with van der Waals surface area (Å²) >= 11 is 1.83. The van der Waals surface area contributed by atoms with E-state index in [1.54, 1.807) is 6.20 Å². The average Bonchev–Trinajstić information content (AvgIpc) is 3.77. The van der Waals surface area contributed by atoms with Gasteiger partial charge in [-0.1, -0.05) is 109 Å². The predicted molar refractivity (Wildman–Crippen MR) is 207 cm³/mol. The third kappa shape index (κ3) is 4.79. The molecule has 4 nitrogen and oxygen atoms in total. The summed E-state index contributed by atoms with van der Waals surface area (Å²) < 4.78 is 9.30. The molecule has 10 aromatic rings. The molecule has 0 saturated heterocycles. The second-order valence-electron chi connectivity index (χ2n) is 12.4. The zero-order valence-electron chi connectivity index (χ0n) is 26.7. The number of pyridine rings is 1. The molecule has 0 atom stereocenters. The molecule has 0 unspecified atom stereocenters. The van der Waals surface area contributed by atoms with E-state index < -0.39 is 0 Å². The standard InChI is InChI=1S/C45H27N3OS/c1-2-9-30(10-3-1)45-47-38(29-18-16-28(17-19-29)32-11-8-24-46-27-32)26-39(48-45)35-22-21-33(44-43(35)36-13-4-6-14-40(36)49-44)31-20-23-42-37(25-31)34-12-5-7-15-41(34)50-42/h1-27H. The first-order valence-corrected chi connectivity index (χ1v) is 17.4. The van der Waals surface area contributed by atoms with Crippen LogP contribution in [0.1, 0.15) is 0 Å². The summed E-state index contributed by atoms with van der Waals surface area (Å²) in [5.74, 6) is 0.675. The van der Waals surface area contributed by atoms with Gasteiger partial charge in [-0.3, -0.25) is 4.98 Å². The number of hydrogen-bond acceptors (Lipinski definition) is 5. The summed E-state index contributed by atoms with van der Waals surface area (Å²) in [5.41, 5.74) is 10.7. The van der Waals surface area contributed by atoms with E-state index in [1.165, 1.54) is 20.2 Å². The summed E-state index contributed by atoms with van der Waals surface area (Å²) in [6, 6.07) is 52.9. The molecule has 0 fully saturated rings. The van der Waals surface area contributed by atoms with E-state index >= 15 is 0 Å². The molecular weight excluding hydrogens is 631 g/mol. The van der Waals surface area contributed by atoms with E-state index in [0.717, 1.165) is 72.3 Å². The van der Waals surface area contributed by atoms with Crippen molar-refractivity contribution in [2.24, 2.45) is 0 Å². The molecule has 0 bridgehead atoms. The number of hydrogen-bond donors (Lipinski definition) is 0. The highest BCUT2D eigenvalue weighted by Crippen LogP contribution is 2.44. The third-order valence-electron chi connectivity index (χ3n) is 9.42. The van der Waals surface area contributed by atoms with Crippen molar-refractivity contribution in [1.82, 2.24) is 15.0 Å². The highest BCUT2D eigenvalue weighted by atomic mass is 32.1. The largest absolute Gasteiger partial charge is 0.455 e. The van der Waals surface area contributed by atoms with Gasteiger partial charge in [-0.2, -0.15) is 0 Å². The minimum Gasteiger partial charge on any atom is -0.455 e. The fourth-order valence-electron chi connectivity index (χ4n) is 6.98. The highest BCUT2D eigenvalue weighted by molar-refractivity contribution is 7.25. The number of para-hydroxylation sites is 1. The van der Waals surface area contributed by atoms with E-state index in [2.05, 4.69) is 120 Å². The summed E-state index contributed by atoms with van der Waals surface area (Å²) in [4.78, 5) is 14.6. The Morgan fingerprint density at radius 2 is 1.16 bits per heavy atom. The quantitative estimate of drug-likeness (QED) is 0.185. The maximum absolute atomic E-state index is 6.72. The van der Waals surface area contributed by atoms with Gasteiger partial charge in [-0.25, -0.2) is 9.97 Å². The first-order valence-electron chi connectivity index (χ1n) is 16.6. The van der Waals surface area contributed by atoms with E-state index in [0.29, 0.717) is 5.82 Å². The monoisotopic (exact) mass is 657 g/mol. The Morgan fingerprint density at radius 1 is 0.460 bits per heavy atom. The molecule has 0 radical (unpaired) electrons.